The minimum atomic E-state index is -3.95. The summed E-state index contributed by atoms with van der Waals surface area (Å²) in [5.41, 5.74) is -0.292. The fourth-order valence-electron chi connectivity index (χ4n) is 10.6. The molecule has 7 aliphatic rings. The number of carbonyl (C=O) groups excluding carboxylic acids is 4. The molecule has 4 heterocycles. The Morgan fingerprint density at radius 2 is 1.80 bits per heavy atom. The summed E-state index contributed by atoms with van der Waals surface area (Å²) in [5, 5.41) is 1.58. The van der Waals surface area contributed by atoms with Gasteiger partial charge in [0, 0.05) is 36.9 Å². The minimum absolute atomic E-state index is 0.0759. The van der Waals surface area contributed by atoms with Crippen molar-refractivity contribution in [1.29, 1.82) is 0 Å². The van der Waals surface area contributed by atoms with E-state index in [0.717, 1.165) is 54.4 Å². The molecule has 1 unspecified atom stereocenters. The number of aromatic nitrogens is 1. The van der Waals surface area contributed by atoms with Crippen LogP contribution in [0.2, 0.25) is 0 Å². The van der Waals surface area contributed by atoms with Crippen LogP contribution in [-0.4, -0.2) is 91.6 Å². The lowest BCUT2D eigenvalue weighted by molar-refractivity contribution is -0.155. The van der Waals surface area contributed by atoms with Crippen molar-refractivity contribution in [3.63, 3.8) is 0 Å². The number of amides is 2. The summed E-state index contributed by atoms with van der Waals surface area (Å²) in [6.45, 7) is 7.17. The number of Topliss-reactive ketones (excluding diaryl/α,β-unsaturated/α-hetero) is 1. The first-order chi connectivity index (χ1) is 28.1. The fourth-order valence-corrected chi connectivity index (χ4v) is 11.9. The summed E-state index contributed by atoms with van der Waals surface area (Å²) in [5.74, 6) is -0.318. The van der Waals surface area contributed by atoms with Crippen molar-refractivity contribution in [1.82, 2.24) is 14.6 Å². The highest BCUT2D eigenvalue weighted by molar-refractivity contribution is 7.91. The average Bonchev–Trinajstić information content (AvgIpc) is 4.15. The number of esters is 1. The topological polar surface area (TPSA) is 162 Å². The first-order valence-electron chi connectivity index (χ1n) is 21.8. The number of allylic oxidation sites excluding steroid dienone is 2. The normalized spacial score (nSPS) is 35.5. The predicted octanol–water partition coefficient (Wildman–Crippen LogP) is 5.74. The molecular formula is C45H58N4O9S. The number of anilines is 1. The number of hydrogen-bond acceptors (Lipinski definition) is 11. The number of pyridine rings is 1. The summed E-state index contributed by atoms with van der Waals surface area (Å²) in [7, 11) is -1.93. The molecule has 14 heteroatoms. The van der Waals surface area contributed by atoms with Crippen LogP contribution in [0.3, 0.4) is 0 Å². The van der Waals surface area contributed by atoms with Crippen molar-refractivity contribution in [2.45, 2.75) is 121 Å². The van der Waals surface area contributed by atoms with Crippen LogP contribution in [0.1, 0.15) is 97.8 Å². The smallest absolute Gasteiger partial charge is 0.306 e. The van der Waals surface area contributed by atoms with E-state index in [9.17, 15) is 22.8 Å². The molecule has 2 aromatic rings. The molecule has 5 fully saturated rings. The van der Waals surface area contributed by atoms with E-state index in [1.807, 2.05) is 44.3 Å². The Morgan fingerprint density at radius 1 is 1.02 bits per heavy atom. The van der Waals surface area contributed by atoms with Crippen molar-refractivity contribution in [2.24, 2.45) is 40.9 Å². The maximum atomic E-state index is 15.1. The van der Waals surface area contributed by atoms with Crippen LogP contribution in [0.4, 0.5) is 5.69 Å². The van der Waals surface area contributed by atoms with Gasteiger partial charge in [-0.15, -0.1) is 0 Å². The monoisotopic (exact) mass is 830 g/mol. The van der Waals surface area contributed by atoms with Gasteiger partial charge in [-0.3, -0.25) is 23.9 Å². The Morgan fingerprint density at radius 3 is 2.56 bits per heavy atom. The number of hydrogen-bond donors (Lipinski definition) is 1. The fraction of sp³-hybridized carbons (Fsp3) is 0.667. The highest BCUT2D eigenvalue weighted by Crippen LogP contribution is 2.58. The third-order valence-corrected chi connectivity index (χ3v) is 17.0. The Balaban J connectivity index is 1.03. The molecule has 318 valence electrons. The molecule has 3 aliphatic heterocycles. The van der Waals surface area contributed by atoms with Crippen LogP contribution < -0.4 is 19.1 Å². The summed E-state index contributed by atoms with van der Waals surface area (Å²) in [6.07, 6.45) is 11.2. The van der Waals surface area contributed by atoms with Crippen LogP contribution in [0, 0.1) is 40.9 Å². The number of ether oxygens (including phenoxy) is 3. The van der Waals surface area contributed by atoms with E-state index in [1.165, 1.54) is 6.42 Å². The van der Waals surface area contributed by atoms with Crippen LogP contribution in [-0.2, 0) is 33.9 Å². The summed E-state index contributed by atoms with van der Waals surface area (Å²) < 4.78 is 46.7. The van der Waals surface area contributed by atoms with Gasteiger partial charge in [-0.25, -0.2) is 13.4 Å². The van der Waals surface area contributed by atoms with Gasteiger partial charge in [-0.2, -0.15) is 0 Å². The van der Waals surface area contributed by atoms with E-state index in [-0.39, 0.29) is 67.3 Å². The molecule has 2 amide bonds. The molecule has 1 N–H and O–H groups in total. The number of rotatable bonds is 8. The van der Waals surface area contributed by atoms with Gasteiger partial charge in [-0.05, 0) is 112 Å². The summed E-state index contributed by atoms with van der Waals surface area (Å²) in [4.78, 5) is 65.9. The third kappa shape index (κ3) is 7.71. The molecule has 1 saturated heterocycles. The van der Waals surface area contributed by atoms with Gasteiger partial charge in [-0.1, -0.05) is 26.0 Å². The van der Waals surface area contributed by atoms with Crippen LogP contribution in [0.25, 0.3) is 10.8 Å². The van der Waals surface area contributed by atoms with Gasteiger partial charge in [0.05, 0.1) is 47.3 Å². The molecule has 13 nitrogen and oxygen atoms in total. The second-order valence-electron chi connectivity index (χ2n) is 19.3. The summed E-state index contributed by atoms with van der Waals surface area (Å²) in [6, 6.07) is 4.85. The van der Waals surface area contributed by atoms with Crippen LogP contribution >= 0.6 is 0 Å². The zero-order chi connectivity index (χ0) is 41.4. The SMILES string of the molecule is C[C@H]1CC/C=C\[C@@H]2C[C@@]2(C(=O)NS(=O)(=O)C2(C)CC2)CC(=O)[C@@H]2C[C@@H](Oc3nccc4c5c(ccc34)N(C)CCO5)CN2C(=O)[C@@H](CC(=O)OC2C[C@@H]3C[C@@H]3C2)[C@H](C)C1. The van der Waals surface area contributed by atoms with Gasteiger partial charge in [0.1, 0.15) is 18.8 Å². The second-order valence-corrected chi connectivity index (χ2v) is 21.5. The van der Waals surface area contributed by atoms with E-state index < -0.39 is 44.2 Å². The van der Waals surface area contributed by atoms with Crippen molar-refractivity contribution in [2.75, 3.05) is 31.6 Å². The van der Waals surface area contributed by atoms with Gasteiger partial charge in [0.15, 0.2) is 11.5 Å². The predicted molar refractivity (Wildman–Crippen MR) is 220 cm³/mol. The van der Waals surface area contributed by atoms with Crippen LogP contribution in [0.5, 0.6) is 11.6 Å². The van der Waals surface area contributed by atoms with E-state index in [1.54, 1.807) is 18.0 Å². The quantitative estimate of drug-likeness (QED) is 0.255. The number of fused-ring (bicyclic) bond motifs is 6. The maximum absolute atomic E-state index is 15.1. The van der Waals surface area contributed by atoms with E-state index >= 15 is 4.79 Å². The molecule has 59 heavy (non-hydrogen) atoms. The van der Waals surface area contributed by atoms with E-state index in [0.29, 0.717) is 50.0 Å². The Kier molecular flexibility index (Phi) is 10.3. The van der Waals surface area contributed by atoms with Crippen molar-refractivity contribution in [3.8, 4) is 11.6 Å². The molecule has 0 bridgehead atoms. The Labute approximate surface area is 347 Å². The van der Waals surface area contributed by atoms with Gasteiger partial charge in [0.25, 0.3) is 0 Å². The molecule has 0 radical (unpaired) electrons. The van der Waals surface area contributed by atoms with E-state index in [4.69, 9.17) is 14.2 Å². The lowest BCUT2D eigenvalue weighted by Crippen LogP contribution is -2.48. The standard InChI is InChI=1S/C45H58N4O9S/c1-26-7-5-6-8-30-23-45(30,43(53)47-59(54,55)44(3)12-13-44)24-38(50)37-21-32(58-41-34-9-10-36-40(33(34)11-14-46-41)56-16-15-48(36)4)25-49(37)42(52)35(27(2)17-26)22-39(51)57-31-19-28-18-29(28)20-31/h6,8-11,14,26-32,35,37H,5,7,12-13,15-25H2,1-4H3,(H,47,53)/b8-6-/t26-,27+,28-,29+,30+,31?,32+,35-,37-,45+/m0/s1. The molecule has 10 atom stereocenters. The van der Waals surface area contributed by atoms with Gasteiger partial charge < -0.3 is 24.0 Å². The van der Waals surface area contributed by atoms with Crippen molar-refractivity contribution < 1.29 is 41.8 Å². The number of nitrogens with zero attached hydrogens (tertiary/aromatic N) is 3. The number of carbonyl (C=O) groups is 4. The lowest BCUT2D eigenvalue weighted by atomic mass is 9.82. The zero-order valence-corrected chi connectivity index (χ0v) is 35.5. The van der Waals surface area contributed by atoms with Crippen molar-refractivity contribution in [3.05, 3.63) is 36.5 Å². The molecule has 9 rings (SSSR count). The molecule has 1 aromatic heterocycles. The highest BCUT2D eigenvalue weighted by Gasteiger charge is 2.63. The largest absolute Gasteiger partial charge is 0.489 e. The van der Waals surface area contributed by atoms with Crippen LogP contribution in [0.15, 0.2) is 36.5 Å². The molecule has 4 aliphatic carbocycles. The van der Waals surface area contributed by atoms with E-state index in [2.05, 4.69) is 21.5 Å². The zero-order valence-electron chi connectivity index (χ0n) is 34.7. The molecule has 4 saturated carbocycles. The third-order valence-electron chi connectivity index (χ3n) is 14.9. The number of sulfonamides is 1. The number of nitrogens with one attached hydrogen (secondary N) is 1. The summed E-state index contributed by atoms with van der Waals surface area (Å²) >= 11 is 0. The number of likely N-dealkylation sites (N-methyl/N-ethyl adjacent to an activating group) is 1. The van der Waals surface area contributed by atoms with Crippen molar-refractivity contribution >= 4 is 50.1 Å². The van der Waals surface area contributed by atoms with Gasteiger partial charge >= 0.3 is 5.97 Å². The molecule has 1 aromatic carbocycles. The number of benzene rings is 1. The maximum Gasteiger partial charge on any atom is 0.306 e. The molecule has 0 spiro atoms. The Bertz CT molecular complexity index is 2180. The first kappa shape index (κ1) is 40.2. The minimum Gasteiger partial charge on any atom is -0.489 e. The number of ketones is 1. The highest BCUT2D eigenvalue weighted by atomic mass is 32.2. The molecular weight excluding hydrogens is 773 g/mol. The van der Waals surface area contributed by atoms with Gasteiger partial charge in [0.2, 0.25) is 27.7 Å². The second kappa shape index (κ2) is 15.1. The average molecular weight is 831 g/mol. The lowest BCUT2D eigenvalue weighted by Gasteiger charge is -2.32. The Hall–Kier alpha value is -4.20. The first-order valence-corrected chi connectivity index (χ1v) is 23.3.